The van der Waals surface area contributed by atoms with Gasteiger partial charge in [0.1, 0.15) is 0 Å². The molecule has 0 aliphatic carbocycles. The summed E-state index contributed by atoms with van der Waals surface area (Å²) < 4.78 is 1.79. The van der Waals surface area contributed by atoms with E-state index in [2.05, 4.69) is 43.4 Å². The van der Waals surface area contributed by atoms with Crippen LogP contribution in [0.25, 0.3) is 0 Å². The smallest absolute Gasteiger partial charge is 0.0640 e. The van der Waals surface area contributed by atoms with E-state index in [-0.39, 0.29) is 17.7 Å². The molecule has 1 fully saturated rings. The first-order valence-corrected chi connectivity index (χ1v) is 7.45. The van der Waals surface area contributed by atoms with E-state index in [0.29, 0.717) is 12.6 Å². The van der Waals surface area contributed by atoms with Crippen molar-refractivity contribution in [1.29, 1.82) is 0 Å². The van der Waals surface area contributed by atoms with Crippen LogP contribution in [0.4, 0.5) is 0 Å². The summed E-state index contributed by atoms with van der Waals surface area (Å²) in [7, 11) is 0. The number of rotatable bonds is 5. The van der Waals surface area contributed by atoms with Crippen LogP contribution < -0.4 is 10.6 Å². The van der Waals surface area contributed by atoms with E-state index in [1.54, 1.807) is 4.68 Å². The third kappa shape index (κ3) is 4.30. The maximum Gasteiger partial charge on any atom is 0.0640 e. The number of piperidine rings is 1. The summed E-state index contributed by atoms with van der Waals surface area (Å²) in [6, 6.07) is 0.516. The van der Waals surface area contributed by atoms with Crippen molar-refractivity contribution in [2.24, 2.45) is 0 Å². The zero-order valence-electron chi connectivity index (χ0n) is 13.1. The lowest BCUT2D eigenvalue weighted by Gasteiger charge is -2.46. The Morgan fingerprint density at radius 3 is 2.60 bits per heavy atom. The van der Waals surface area contributed by atoms with Crippen molar-refractivity contribution in [2.75, 3.05) is 6.61 Å². The van der Waals surface area contributed by atoms with Crippen LogP contribution in [0.3, 0.4) is 0 Å². The van der Waals surface area contributed by atoms with Gasteiger partial charge in [0.15, 0.2) is 0 Å². The highest BCUT2D eigenvalue weighted by Crippen LogP contribution is 2.28. The van der Waals surface area contributed by atoms with Crippen molar-refractivity contribution in [3.63, 3.8) is 0 Å². The summed E-state index contributed by atoms with van der Waals surface area (Å²) in [6.45, 7) is 10.6. The van der Waals surface area contributed by atoms with E-state index >= 15 is 0 Å². The molecule has 0 spiro atoms. The predicted molar refractivity (Wildman–Crippen MR) is 80.5 cm³/mol. The number of nitrogens with one attached hydrogen (secondary N) is 2. The van der Waals surface area contributed by atoms with Crippen LogP contribution in [0.5, 0.6) is 0 Å². The molecule has 20 heavy (non-hydrogen) atoms. The molecule has 1 aliphatic heterocycles. The first-order chi connectivity index (χ1) is 9.30. The average Bonchev–Trinajstić information content (AvgIpc) is 2.70. The largest absolute Gasteiger partial charge is 0.394 e. The molecule has 3 N–H and O–H groups in total. The second kappa shape index (κ2) is 5.84. The SMILES string of the molecule is CC1(C)CC(NCc2cnn(CCO)c2)CC(C)(C)N1. The fourth-order valence-electron chi connectivity index (χ4n) is 3.45. The lowest BCUT2D eigenvalue weighted by molar-refractivity contribution is 0.145. The molecule has 0 amide bonds. The number of hydrogen-bond acceptors (Lipinski definition) is 4. The molecule has 1 aromatic heterocycles. The van der Waals surface area contributed by atoms with Gasteiger partial charge >= 0.3 is 0 Å². The predicted octanol–water partition coefficient (Wildman–Crippen LogP) is 1.27. The lowest BCUT2D eigenvalue weighted by atomic mass is 9.79. The minimum atomic E-state index is 0.130. The van der Waals surface area contributed by atoms with Crippen molar-refractivity contribution in [3.8, 4) is 0 Å². The molecule has 1 aromatic rings. The molecule has 5 heteroatoms. The van der Waals surface area contributed by atoms with Crippen LogP contribution in [0, 0.1) is 0 Å². The lowest BCUT2D eigenvalue weighted by Crippen LogP contribution is -2.61. The molecule has 0 aromatic carbocycles. The number of nitrogens with zero attached hydrogens (tertiary/aromatic N) is 2. The van der Waals surface area contributed by atoms with E-state index in [4.69, 9.17) is 5.11 Å². The van der Waals surface area contributed by atoms with Gasteiger partial charge in [0.25, 0.3) is 0 Å². The van der Waals surface area contributed by atoms with Crippen LogP contribution in [0.1, 0.15) is 46.1 Å². The molecular formula is C15H28N4O. The van der Waals surface area contributed by atoms with Gasteiger partial charge in [-0.2, -0.15) is 5.10 Å². The number of aromatic nitrogens is 2. The molecule has 2 heterocycles. The van der Waals surface area contributed by atoms with Crippen molar-refractivity contribution < 1.29 is 5.11 Å². The first-order valence-electron chi connectivity index (χ1n) is 7.45. The van der Waals surface area contributed by atoms with Crippen LogP contribution in [-0.2, 0) is 13.1 Å². The maximum atomic E-state index is 8.89. The fraction of sp³-hybridized carbons (Fsp3) is 0.800. The average molecular weight is 280 g/mol. The molecular weight excluding hydrogens is 252 g/mol. The Bertz CT molecular complexity index is 423. The summed E-state index contributed by atoms with van der Waals surface area (Å²) in [4.78, 5) is 0. The van der Waals surface area contributed by atoms with Gasteiger partial charge in [0.2, 0.25) is 0 Å². The fourth-order valence-corrected chi connectivity index (χ4v) is 3.45. The molecule has 2 rings (SSSR count). The Kier molecular flexibility index (Phi) is 4.52. The highest BCUT2D eigenvalue weighted by Gasteiger charge is 2.37. The van der Waals surface area contributed by atoms with Crippen molar-refractivity contribution in [1.82, 2.24) is 20.4 Å². The second-order valence-corrected chi connectivity index (χ2v) is 7.21. The molecule has 114 valence electrons. The zero-order valence-corrected chi connectivity index (χ0v) is 13.1. The highest BCUT2D eigenvalue weighted by atomic mass is 16.3. The van der Waals surface area contributed by atoms with Gasteiger partial charge < -0.3 is 15.7 Å². The van der Waals surface area contributed by atoms with Gasteiger partial charge in [-0.25, -0.2) is 0 Å². The Morgan fingerprint density at radius 1 is 1.35 bits per heavy atom. The van der Waals surface area contributed by atoms with Gasteiger partial charge in [-0.1, -0.05) is 0 Å². The van der Waals surface area contributed by atoms with E-state index in [9.17, 15) is 0 Å². The van der Waals surface area contributed by atoms with Crippen LogP contribution in [-0.4, -0.2) is 38.6 Å². The quantitative estimate of drug-likeness (QED) is 0.760. The molecule has 1 aliphatic rings. The number of hydrogen-bond donors (Lipinski definition) is 3. The van der Waals surface area contributed by atoms with Crippen molar-refractivity contribution in [3.05, 3.63) is 18.0 Å². The first kappa shape index (κ1) is 15.5. The van der Waals surface area contributed by atoms with Crippen molar-refractivity contribution in [2.45, 2.75) is 70.7 Å². The Morgan fingerprint density at radius 2 is 2.00 bits per heavy atom. The van der Waals surface area contributed by atoms with Gasteiger partial charge in [0, 0.05) is 35.4 Å². The standard InChI is InChI=1S/C15H28N4O/c1-14(2)7-13(8-15(3,4)18-14)16-9-12-10-17-19(11-12)5-6-20/h10-11,13,16,18,20H,5-9H2,1-4H3. The minimum absolute atomic E-state index is 0.130. The van der Waals surface area contributed by atoms with E-state index < -0.39 is 0 Å². The third-order valence-corrected chi connectivity index (χ3v) is 3.80. The number of aliphatic hydroxyl groups excluding tert-OH is 1. The zero-order chi connectivity index (χ0) is 14.8. The molecule has 0 radical (unpaired) electrons. The summed E-state index contributed by atoms with van der Waals surface area (Å²) in [5, 5.41) is 20.5. The summed E-state index contributed by atoms with van der Waals surface area (Å²) >= 11 is 0. The van der Waals surface area contributed by atoms with Crippen LogP contribution >= 0.6 is 0 Å². The Balaban J connectivity index is 1.89. The molecule has 0 bridgehead atoms. The van der Waals surface area contributed by atoms with Gasteiger partial charge in [0.05, 0.1) is 19.3 Å². The summed E-state index contributed by atoms with van der Waals surface area (Å²) in [6.07, 6.45) is 6.13. The summed E-state index contributed by atoms with van der Waals surface area (Å²) in [5.41, 5.74) is 1.51. The Hall–Kier alpha value is -0.910. The topological polar surface area (TPSA) is 62.1 Å². The van der Waals surface area contributed by atoms with E-state index in [0.717, 1.165) is 19.4 Å². The molecule has 0 unspecified atom stereocenters. The minimum Gasteiger partial charge on any atom is -0.394 e. The molecule has 5 nitrogen and oxygen atoms in total. The van der Waals surface area contributed by atoms with E-state index in [1.807, 2.05) is 12.4 Å². The summed E-state index contributed by atoms with van der Waals surface area (Å²) in [5.74, 6) is 0. The normalized spacial score (nSPS) is 22.1. The highest BCUT2D eigenvalue weighted by molar-refractivity contribution is 5.05. The van der Waals surface area contributed by atoms with Gasteiger partial charge in [-0.05, 0) is 40.5 Å². The van der Waals surface area contributed by atoms with Crippen LogP contribution in [0.15, 0.2) is 12.4 Å². The van der Waals surface area contributed by atoms with Crippen LogP contribution in [0.2, 0.25) is 0 Å². The Labute approximate surface area is 121 Å². The molecule has 1 saturated heterocycles. The molecule has 0 atom stereocenters. The maximum absolute atomic E-state index is 8.89. The van der Waals surface area contributed by atoms with Crippen molar-refractivity contribution >= 4 is 0 Å². The van der Waals surface area contributed by atoms with Gasteiger partial charge in [-0.15, -0.1) is 0 Å². The monoisotopic (exact) mass is 280 g/mol. The molecule has 0 saturated carbocycles. The third-order valence-electron chi connectivity index (χ3n) is 3.80. The van der Waals surface area contributed by atoms with Gasteiger partial charge in [-0.3, -0.25) is 4.68 Å². The van der Waals surface area contributed by atoms with E-state index in [1.165, 1.54) is 5.56 Å². The second-order valence-electron chi connectivity index (χ2n) is 7.21. The number of aliphatic hydroxyl groups is 1.